The Balaban J connectivity index is 1.59. The summed E-state index contributed by atoms with van der Waals surface area (Å²) in [6, 6.07) is 13.6. The van der Waals surface area contributed by atoms with Gasteiger partial charge in [-0.25, -0.2) is 4.99 Å². The lowest BCUT2D eigenvalue weighted by Crippen LogP contribution is -2.47. The van der Waals surface area contributed by atoms with Crippen LogP contribution in [0.3, 0.4) is 0 Å². The van der Waals surface area contributed by atoms with Crippen molar-refractivity contribution >= 4 is 40.8 Å². The van der Waals surface area contributed by atoms with E-state index in [1.165, 1.54) is 0 Å². The predicted molar refractivity (Wildman–Crippen MR) is 120 cm³/mol. The van der Waals surface area contributed by atoms with Crippen LogP contribution in [0.4, 0.5) is 5.69 Å². The number of hydrogen-bond donors (Lipinski definition) is 3. The lowest BCUT2D eigenvalue weighted by atomic mass is 10.2. The average Bonchev–Trinajstić information content (AvgIpc) is 2.71. The van der Waals surface area contributed by atoms with Gasteiger partial charge in [-0.05, 0) is 42.3 Å². The number of hydrogen-bond acceptors (Lipinski definition) is 3. The van der Waals surface area contributed by atoms with Crippen LogP contribution in [-0.2, 0) is 17.9 Å². The van der Waals surface area contributed by atoms with Gasteiger partial charge in [0.25, 0.3) is 0 Å². The number of guanidine groups is 1. The topological polar surface area (TPSA) is 68.8 Å². The Labute approximate surface area is 181 Å². The van der Waals surface area contributed by atoms with E-state index in [2.05, 4.69) is 25.8 Å². The van der Waals surface area contributed by atoms with Crippen LogP contribution in [0.5, 0.6) is 0 Å². The third kappa shape index (κ3) is 6.27. The molecule has 29 heavy (non-hydrogen) atoms. The molecule has 3 rings (SSSR count). The van der Waals surface area contributed by atoms with Gasteiger partial charge < -0.3 is 20.9 Å². The number of aliphatic imine (C=N–C) groups is 1. The molecule has 2 aromatic carbocycles. The Kier molecular flexibility index (Phi) is 7.61. The molecule has 0 saturated carbocycles. The van der Waals surface area contributed by atoms with E-state index in [-0.39, 0.29) is 5.91 Å². The third-order valence-electron chi connectivity index (χ3n) is 4.57. The van der Waals surface area contributed by atoms with Crippen LogP contribution in [0.25, 0.3) is 0 Å². The van der Waals surface area contributed by atoms with Crippen molar-refractivity contribution in [2.24, 2.45) is 4.99 Å². The summed E-state index contributed by atoms with van der Waals surface area (Å²) in [6.07, 6.45) is 0. The molecule has 1 aliphatic heterocycles. The number of nitrogens with one attached hydrogen (secondary N) is 3. The molecule has 1 amide bonds. The van der Waals surface area contributed by atoms with E-state index in [1.807, 2.05) is 43.3 Å². The average molecular weight is 434 g/mol. The summed E-state index contributed by atoms with van der Waals surface area (Å²) in [7, 11) is 0. The second-order valence-corrected chi connectivity index (χ2v) is 7.57. The second-order valence-electron chi connectivity index (χ2n) is 6.72. The van der Waals surface area contributed by atoms with Gasteiger partial charge in [0.2, 0.25) is 5.91 Å². The van der Waals surface area contributed by atoms with Gasteiger partial charge >= 0.3 is 0 Å². The summed E-state index contributed by atoms with van der Waals surface area (Å²) in [5.74, 6) is 0.780. The lowest BCUT2D eigenvalue weighted by Gasteiger charge is -2.28. The molecule has 3 N–H and O–H groups in total. The predicted octanol–water partition coefficient (Wildman–Crippen LogP) is 3.18. The number of halogens is 2. The zero-order valence-electron chi connectivity index (χ0n) is 16.3. The summed E-state index contributed by atoms with van der Waals surface area (Å²) in [5, 5.41) is 10.6. The molecule has 0 atom stereocenters. The first-order chi connectivity index (χ1) is 14.0. The maximum absolute atomic E-state index is 11.6. The molecule has 0 spiro atoms. The van der Waals surface area contributed by atoms with E-state index in [1.54, 1.807) is 6.07 Å². The highest BCUT2D eigenvalue weighted by Crippen LogP contribution is 2.20. The summed E-state index contributed by atoms with van der Waals surface area (Å²) in [4.78, 5) is 18.3. The highest BCUT2D eigenvalue weighted by Gasteiger charge is 2.16. The molecule has 8 heteroatoms. The Morgan fingerprint density at radius 2 is 1.97 bits per heavy atom. The molecule has 0 aliphatic carbocycles. The minimum absolute atomic E-state index is 0.0621. The van der Waals surface area contributed by atoms with Crippen LogP contribution in [0.2, 0.25) is 10.0 Å². The molecule has 1 saturated heterocycles. The summed E-state index contributed by atoms with van der Waals surface area (Å²) < 4.78 is 0. The first-order valence-corrected chi connectivity index (χ1v) is 10.4. The van der Waals surface area contributed by atoms with E-state index in [4.69, 9.17) is 23.2 Å². The van der Waals surface area contributed by atoms with Gasteiger partial charge in [-0.1, -0.05) is 41.4 Å². The Bertz CT molecular complexity index is 870. The van der Waals surface area contributed by atoms with Crippen molar-refractivity contribution in [3.05, 3.63) is 63.6 Å². The third-order valence-corrected chi connectivity index (χ3v) is 5.15. The number of piperazine rings is 1. The minimum Gasteiger partial charge on any atom is -0.360 e. The Hall–Kier alpha value is -2.44. The quantitative estimate of drug-likeness (QED) is 0.483. The molecular weight excluding hydrogens is 409 g/mol. The number of benzene rings is 2. The fourth-order valence-electron chi connectivity index (χ4n) is 3.03. The second kappa shape index (κ2) is 10.4. The van der Waals surface area contributed by atoms with Gasteiger partial charge in [0.15, 0.2) is 5.96 Å². The number of amides is 1. The summed E-state index contributed by atoms with van der Waals surface area (Å²) in [6.45, 7) is 5.79. The molecule has 1 fully saturated rings. The molecule has 1 aliphatic rings. The SMILES string of the molecule is CCNC(=NCc1ccc(N2CCNC(=O)C2)cc1)NCc1ccc(Cl)cc1Cl. The summed E-state index contributed by atoms with van der Waals surface area (Å²) in [5.41, 5.74) is 3.10. The number of carbonyl (C=O) groups excluding carboxylic acids is 1. The van der Waals surface area contributed by atoms with Crippen molar-refractivity contribution in [2.75, 3.05) is 31.1 Å². The van der Waals surface area contributed by atoms with Crippen LogP contribution in [0, 0.1) is 0 Å². The number of anilines is 1. The molecule has 6 nitrogen and oxygen atoms in total. The lowest BCUT2D eigenvalue weighted by molar-refractivity contribution is -0.120. The molecule has 154 valence electrons. The van der Waals surface area contributed by atoms with E-state index in [0.29, 0.717) is 36.2 Å². The molecule has 0 aromatic heterocycles. The van der Waals surface area contributed by atoms with Crippen molar-refractivity contribution in [3.8, 4) is 0 Å². The number of carbonyl (C=O) groups is 1. The normalized spacial score (nSPS) is 14.5. The molecule has 0 bridgehead atoms. The Morgan fingerprint density at radius 1 is 1.17 bits per heavy atom. The fraction of sp³-hybridized carbons (Fsp3) is 0.333. The fourth-order valence-corrected chi connectivity index (χ4v) is 3.50. The van der Waals surface area contributed by atoms with E-state index >= 15 is 0 Å². The largest absolute Gasteiger partial charge is 0.360 e. The highest BCUT2D eigenvalue weighted by molar-refractivity contribution is 6.35. The van der Waals surface area contributed by atoms with E-state index in [9.17, 15) is 4.79 Å². The zero-order valence-corrected chi connectivity index (χ0v) is 17.9. The van der Waals surface area contributed by atoms with E-state index in [0.717, 1.165) is 35.9 Å². The zero-order chi connectivity index (χ0) is 20.6. The van der Waals surface area contributed by atoms with E-state index < -0.39 is 0 Å². The van der Waals surface area contributed by atoms with Crippen molar-refractivity contribution in [2.45, 2.75) is 20.0 Å². The molecule has 0 unspecified atom stereocenters. The minimum atomic E-state index is 0.0621. The molecule has 0 radical (unpaired) electrons. The molecular formula is C21H25Cl2N5O. The van der Waals surface area contributed by atoms with Crippen LogP contribution < -0.4 is 20.9 Å². The molecule has 2 aromatic rings. The van der Waals surface area contributed by atoms with Gasteiger partial charge in [-0.2, -0.15) is 0 Å². The Morgan fingerprint density at radius 3 is 2.66 bits per heavy atom. The van der Waals surface area contributed by atoms with Crippen molar-refractivity contribution in [1.82, 2.24) is 16.0 Å². The van der Waals surface area contributed by atoms with Crippen LogP contribution in [-0.4, -0.2) is 38.0 Å². The van der Waals surface area contributed by atoms with Crippen molar-refractivity contribution in [1.29, 1.82) is 0 Å². The molecule has 1 heterocycles. The summed E-state index contributed by atoms with van der Waals surface area (Å²) >= 11 is 12.2. The van der Waals surface area contributed by atoms with Gasteiger partial charge in [0.1, 0.15) is 0 Å². The smallest absolute Gasteiger partial charge is 0.239 e. The van der Waals surface area contributed by atoms with Gasteiger partial charge in [0, 0.05) is 41.9 Å². The van der Waals surface area contributed by atoms with Crippen molar-refractivity contribution in [3.63, 3.8) is 0 Å². The maximum atomic E-state index is 11.6. The number of rotatable bonds is 6. The van der Waals surface area contributed by atoms with Gasteiger partial charge in [-0.15, -0.1) is 0 Å². The van der Waals surface area contributed by atoms with Crippen molar-refractivity contribution < 1.29 is 4.79 Å². The maximum Gasteiger partial charge on any atom is 0.239 e. The first kappa shape index (κ1) is 21.3. The first-order valence-electron chi connectivity index (χ1n) is 9.62. The monoisotopic (exact) mass is 433 g/mol. The van der Waals surface area contributed by atoms with Gasteiger partial charge in [0.05, 0.1) is 13.1 Å². The van der Waals surface area contributed by atoms with Gasteiger partial charge in [-0.3, -0.25) is 4.79 Å². The number of nitrogens with zero attached hydrogens (tertiary/aromatic N) is 2. The van der Waals surface area contributed by atoms with Crippen LogP contribution in [0.15, 0.2) is 47.5 Å². The van der Waals surface area contributed by atoms with Crippen LogP contribution in [0.1, 0.15) is 18.1 Å². The standard InChI is InChI=1S/C21H25Cl2N5O/c1-2-24-21(27-13-16-5-6-17(22)11-19(16)23)26-12-15-3-7-18(8-4-15)28-10-9-25-20(29)14-28/h3-8,11H,2,9-10,12-14H2,1H3,(H,25,29)(H2,24,26,27). The highest BCUT2D eigenvalue weighted by atomic mass is 35.5. The van der Waals surface area contributed by atoms with Crippen LogP contribution >= 0.6 is 23.2 Å².